The van der Waals surface area contributed by atoms with Crippen LogP contribution in [0.4, 0.5) is 0 Å². The second-order valence-electron chi connectivity index (χ2n) is 5.85. The SMILES string of the molecule is CCCC(CNCC(C)C)OCC1CCOCC1. The van der Waals surface area contributed by atoms with Crippen LogP contribution in [-0.4, -0.2) is 39.0 Å². The maximum atomic E-state index is 6.09. The van der Waals surface area contributed by atoms with E-state index in [-0.39, 0.29) is 0 Å². The molecule has 3 nitrogen and oxygen atoms in total. The van der Waals surface area contributed by atoms with Crippen LogP contribution in [0.5, 0.6) is 0 Å². The normalized spacial score (nSPS) is 19.3. The zero-order valence-corrected chi connectivity index (χ0v) is 12.4. The first-order valence-electron chi connectivity index (χ1n) is 7.62. The molecule has 1 rings (SSSR count). The highest BCUT2D eigenvalue weighted by Crippen LogP contribution is 2.16. The van der Waals surface area contributed by atoms with Gasteiger partial charge in [0.1, 0.15) is 0 Å². The van der Waals surface area contributed by atoms with Crippen molar-refractivity contribution in [1.29, 1.82) is 0 Å². The van der Waals surface area contributed by atoms with Gasteiger partial charge in [0.05, 0.1) is 6.10 Å². The summed E-state index contributed by atoms with van der Waals surface area (Å²) in [6, 6.07) is 0. The van der Waals surface area contributed by atoms with Gasteiger partial charge in [0, 0.05) is 26.4 Å². The van der Waals surface area contributed by atoms with E-state index < -0.39 is 0 Å². The molecule has 18 heavy (non-hydrogen) atoms. The molecular formula is C15H31NO2. The number of rotatable bonds is 9. The lowest BCUT2D eigenvalue weighted by Gasteiger charge is -2.25. The van der Waals surface area contributed by atoms with Gasteiger partial charge in [-0.25, -0.2) is 0 Å². The van der Waals surface area contributed by atoms with Gasteiger partial charge in [-0.3, -0.25) is 0 Å². The third kappa shape index (κ3) is 7.34. The van der Waals surface area contributed by atoms with Gasteiger partial charge in [0.2, 0.25) is 0 Å². The van der Waals surface area contributed by atoms with E-state index in [1.54, 1.807) is 0 Å². The molecule has 0 amide bonds. The van der Waals surface area contributed by atoms with Gasteiger partial charge in [-0.1, -0.05) is 27.2 Å². The summed E-state index contributed by atoms with van der Waals surface area (Å²) >= 11 is 0. The molecule has 0 saturated carbocycles. The minimum atomic E-state index is 0.386. The molecule has 1 fully saturated rings. The first kappa shape index (κ1) is 15.9. The first-order chi connectivity index (χ1) is 8.72. The molecule has 0 aliphatic carbocycles. The minimum absolute atomic E-state index is 0.386. The third-order valence-electron chi connectivity index (χ3n) is 3.44. The van der Waals surface area contributed by atoms with Crippen LogP contribution in [0, 0.1) is 11.8 Å². The summed E-state index contributed by atoms with van der Waals surface area (Å²) in [5, 5.41) is 3.51. The molecule has 1 unspecified atom stereocenters. The highest BCUT2D eigenvalue weighted by molar-refractivity contribution is 4.67. The average molecular weight is 257 g/mol. The van der Waals surface area contributed by atoms with Crippen LogP contribution in [0.3, 0.4) is 0 Å². The average Bonchev–Trinajstić information content (AvgIpc) is 2.37. The van der Waals surface area contributed by atoms with Gasteiger partial charge in [0.15, 0.2) is 0 Å². The number of hydrogen-bond donors (Lipinski definition) is 1. The Balaban J connectivity index is 2.15. The van der Waals surface area contributed by atoms with Crippen LogP contribution in [0.2, 0.25) is 0 Å². The molecule has 108 valence electrons. The first-order valence-corrected chi connectivity index (χ1v) is 7.62. The maximum absolute atomic E-state index is 6.09. The summed E-state index contributed by atoms with van der Waals surface area (Å²) in [4.78, 5) is 0. The van der Waals surface area contributed by atoms with Crippen LogP contribution >= 0.6 is 0 Å². The summed E-state index contributed by atoms with van der Waals surface area (Å²) in [5.41, 5.74) is 0. The Kier molecular flexibility index (Phi) is 8.64. The van der Waals surface area contributed by atoms with E-state index in [0.717, 1.165) is 52.2 Å². The van der Waals surface area contributed by atoms with Crippen molar-refractivity contribution in [3.63, 3.8) is 0 Å². The Morgan fingerprint density at radius 1 is 1.22 bits per heavy atom. The molecule has 1 heterocycles. The van der Waals surface area contributed by atoms with Gasteiger partial charge in [-0.15, -0.1) is 0 Å². The minimum Gasteiger partial charge on any atom is -0.381 e. The number of hydrogen-bond acceptors (Lipinski definition) is 3. The molecular weight excluding hydrogens is 226 g/mol. The molecule has 1 aliphatic rings. The third-order valence-corrected chi connectivity index (χ3v) is 3.44. The van der Waals surface area contributed by atoms with Crippen molar-refractivity contribution in [2.75, 3.05) is 32.9 Å². The van der Waals surface area contributed by atoms with E-state index in [9.17, 15) is 0 Å². The standard InChI is InChI=1S/C15H31NO2/c1-4-5-15(11-16-10-13(2)3)18-12-14-6-8-17-9-7-14/h13-16H,4-12H2,1-3H3. The van der Waals surface area contributed by atoms with Gasteiger partial charge in [-0.2, -0.15) is 0 Å². The van der Waals surface area contributed by atoms with Gasteiger partial charge in [0.25, 0.3) is 0 Å². The van der Waals surface area contributed by atoms with Crippen LogP contribution in [-0.2, 0) is 9.47 Å². The highest BCUT2D eigenvalue weighted by Gasteiger charge is 2.16. The molecule has 1 aliphatic heterocycles. The summed E-state index contributed by atoms with van der Waals surface area (Å²) in [6.45, 7) is 11.5. The van der Waals surface area contributed by atoms with Crippen molar-refractivity contribution in [3.8, 4) is 0 Å². The Bertz CT molecular complexity index is 191. The molecule has 0 aromatic rings. The second kappa shape index (κ2) is 9.76. The molecule has 0 aromatic heterocycles. The van der Waals surface area contributed by atoms with Crippen molar-refractivity contribution in [2.24, 2.45) is 11.8 Å². The molecule has 3 heteroatoms. The Hall–Kier alpha value is -0.120. The van der Waals surface area contributed by atoms with Crippen molar-refractivity contribution in [3.05, 3.63) is 0 Å². The maximum Gasteiger partial charge on any atom is 0.0699 e. The Labute approximate surface area is 113 Å². The Morgan fingerprint density at radius 3 is 2.56 bits per heavy atom. The topological polar surface area (TPSA) is 30.5 Å². The summed E-state index contributed by atoms with van der Waals surface area (Å²) in [7, 11) is 0. The lowest BCUT2D eigenvalue weighted by molar-refractivity contribution is -0.0133. The summed E-state index contributed by atoms with van der Waals surface area (Å²) < 4.78 is 11.5. The van der Waals surface area contributed by atoms with Crippen LogP contribution in [0.25, 0.3) is 0 Å². The molecule has 1 N–H and O–H groups in total. The van der Waals surface area contributed by atoms with Gasteiger partial charge < -0.3 is 14.8 Å². The quantitative estimate of drug-likeness (QED) is 0.689. The van der Waals surface area contributed by atoms with Crippen molar-refractivity contribution >= 4 is 0 Å². The van der Waals surface area contributed by atoms with Crippen molar-refractivity contribution in [2.45, 2.75) is 52.6 Å². The fourth-order valence-electron chi connectivity index (χ4n) is 2.28. The largest absolute Gasteiger partial charge is 0.381 e. The van der Waals surface area contributed by atoms with E-state index in [1.807, 2.05) is 0 Å². The number of ether oxygens (including phenoxy) is 2. The van der Waals surface area contributed by atoms with Crippen molar-refractivity contribution < 1.29 is 9.47 Å². The van der Waals surface area contributed by atoms with Gasteiger partial charge >= 0.3 is 0 Å². The highest BCUT2D eigenvalue weighted by atomic mass is 16.5. The lowest BCUT2D eigenvalue weighted by atomic mass is 10.0. The predicted molar refractivity (Wildman–Crippen MR) is 75.9 cm³/mol. The van der Waals surface area contributed by atoms with E-state index in [0.29, 0.717) is 17.9 Å². The molecule has 0 spiro atoms. The van der Waals surface area contributed by atoms with E-state index >= 15 is 0 Å². The van der Waals surface area contributed by atoms with Crippen LogP contribution in [0.15, 0.2) is 0 Å². The predicted octanol–water partition coefficient (Wildman–Crippen LogP) is 2.84. The fourth-order valence-corrected chi connectivity index (χ4v) is 2.28. The molecule has 0 radical (unpaired) electrons. The van der Waals surface area contributed by atoms with E-state index in [4.69, 9.17) is 9.47 Å². The summed E-state index contributed by atoms with van der Waals surface area (Å²) in [6.07, 6.45) is 5.07. The van der Waals surface area contributed by atoms with Crippen LogP contribution < -0.4 is 5.32 Å². The van der Waals surface area contributed by atoms with Crippen molar-refractivity contribution in [1.82, 2.24) is 5.32 Å². The lowest BCUT2D eigenvalue weighted by Crippen LogP contribution is -2.33. The molecule has 0 aromatic carbocycles. The van der Waals surface area contributed by atoms with E-state index in [2.05, 4.69) is 26.1 Å². The zero-order valence-electron chi connectivity index (χ0n) is 12.4. The summed E-state index contributed by atoms with van der Waals surface area (Å²) in [5.74, 6) is 1.42. The second-order valence-corrected chi connectivity index (χ2v) is 5.85. The fraction of sp³-hybridized carbons (Fsp3) is 1.00. The Morgan fingerprint density at radius 2 is 1.94 bits per heavy atom. The van der Waals surface area contributed by atoms with Gasteiger partial charge in [-0.05, 0) is 37.6 Å². The molecule has 0 bridgehead atoms. The van der Waals surface area contributed by atoms with Crippen LogP contribution in [0.1, 0.15) is 46.5 Å². The zero-order chi connectivity index (χ0) is 13.2. The molecule has 1 saturated heterocycles. The molecule has 1 atom stereocenters. The smallest absolute Gasteiger partial charge is 0.0699 e. The number of nitrogens with one attached hydrogen (secondary N) is 1. The van der Waals surface area contributed by atoms with E-state index in [1.165, 1.54) is 6.42 Å². The monoisotopic (exact) mass is 257 g/mol.